The van der Waals surface area contributed by atoms with Gasteiger partial charge in [0.25, 0.3) is 0 Å². The van der Waals surface area contributed by atoms with Crippen LogP contribution in [-0.4, -0.2) is 27.6 Å². The highest BCUT2D eigenvalue weighted by Gasteiger charge is 2.19. The molecule has 1 unspecified atom stereocenters. The molecule has 8 heteroatoms. The predicted octanol–water partition coefficient (Wildman–Crippen LogP) is 4.43. The van der Waals surface area contributed by atoms with Crippen molar-refractivity contribution in [2.24, 2.45) is 0 Å². The molecular weight excluding hydrogens is 390 g/mol. The van der Waals surface area contributed by atoms with E-state index in [1.807, 2.05) is 36.4 Å². The molecule has 2 aromatic carbocycles. The third-order valence-electron chi connectivity index (χ3n) is 3.38. The number of Topliss-reactive ketones (excluding diaryl/α,β-unsaturated/α-hetero) is 1. The van der Waals surface area contributed by atoms with E-state index in [0.29, 0.717) is 20.6 Å². The Morgan fingerprint density at radius 2 is 1.69 bits per heavy atom. The molecule has 0 fully saturated rings. The van der Waals surface area contributed by atoms with Crippen LogP contribution in [0.4, 0.5) is 5.13 Å². The minimum absolute atomic E-state index is 0.0151. The summed E-state index contributed by atoms with van der Waals surface area (Å²) in [6, 6.07) is 18.1. The van der Waals surface area contributed by atoms with Gasteiger partial charge in [0.2, 0.25) is 11.0 Å². The lowest BCUT2D eigenvalue weighted by Gasteiger charge is -2.08. The summed E-state index contributed by atoms with van der Waals surface area (Å²) in [5.74, 6) is -0.0958. The van der Waals surface area contributed by atoms with Crippen molar-refractivity contribution >= 4 is 51.5 Å². The van der Waals surface area contributed by atoms with Crippen molar-refractivity contribution in [2.75, 3.05) is 11.1 Å². The zero-order chi connectivity index (χ0) is 18.4. The lowest BCUT2D eigenvalue weighted by Crippen LogP contribution is -2.17. The maximum absolute atomic E-state index is 12.2. The number of hydrogen-bond donors (Lipinski definition) is 1. The molecule has 0 aliphatic carbocycles. The van der Waals surface area contributed by atoms with Crippen molar-refractivity contribution in [3.63, 3.8) is 0 Å². The van der Waals surface area contributed by atoms with E-state index in [2.05, 4.69) is 15.5 Å². The largest absolute Gasteiger partial charge is 0.299 e. The number of nitrogens with one attached hydrogen (secondary N) is 1. The summed E-state index contributed by atoms with van der Waals surface area (Å²) in [7, 11) is 0. The van der Waals surface area contributed by atoms with Crippen LogP contribution in [0.15, 0.2) is 65.0 Å². The standard InChI is InChI=1S/C18H14ClN3O2S2/c19-15(13-9-5-2-6-10-13)16(24)20-17-21-22-18(26-17)25-11-14(23)12-7-3-1-4-8-12/h1-10,15H,11H2,(H,20,21,24). The Kier molecular flexibility index (Phi) is 6.38. The van der Waals surface area contributed by atoms with E-state index in [1.165, 1.54) is 23.1 Å². The minimum atomic E-state index is -0.809. The first-order chi connectivity index (χ1) is 12.6. The Morgan fingerprint density at radius 1 is 1.04 bits per heavy atom. The molecule has 0 spiro atoms. The average Bonchev–Trinajstić information content (AvgIpc) is 3.14. The maximum atomic E-state index is 12.2. The van der Waals surface area contributed by atoms with E-state index in [-0.39, 0.29) is 17.4 Å². The third kappa shape index (κ3) is 4.91. The van der Waals surface area contributed by atoms with Crippen molar-refractivity contribution in [2.45, 2.75) is 9.72 Å². The van der Waals surface area contributed by atoms with Gasteiger partial charge in [-0.15, -0.1) is 21.8 Å². The molecular formula is C18H14ClN3O2S2. The molecule has 5 nitrogen and oxygen atoms in total. The second-order valence-corrected chi connectivity index (χ2v) is 7.85. The molecule has 0 saturated heterocycles. The fourth-order valence-corrected chi connectivity index (χ4v) is 3.94. The van der Waals surface area contributed by atoms with Gasteiger partial charge in [-0.05, 0) is 5.56 Å². The number of anilines is 1. The first-order valence-corrected chi connectivity index (χ1v) is 9.92. The molecule has 1 amide bonds. The SMILES string of the molecule is O=C(CSc1nnc(NC(=O)C(Cl)c2ccccc2)s1)c1ccccc1. The summed E-state index contributed by atoms with van der Waals surface area (Å²) in [5.41, 5.74) is 1.37. The van der Waals surface area contributed by atoms with Crippen molar-refractivity contribution in [1.29, 1.82) is 0 Å². The number of amides is 1. The predicted molar refractivity (Wildman–Crippen MR) is 105 cm³/mol. The molecule has 0 radical (unpaired) electrons. The van der Waals surface area contributed by atoms with Crippen LogP contribution < -0.4 is 5.32 Å². The van der Waals surface area contributed by atoms with E-state index in [0.717, 1.165) is 0 Å². The van der Waals surface area contributed by atoms with E-state index in [1.54, 1.807) is 24.3 Å². The quantitative estimate of drug-likeness (QED) is 0.273. The number of hydrogen-bond acceptors (Lipinski definition) is 6. The molecule has 3 rings (SSSR count). The molecule has 1 atom stereocenters. The van der Waals surface area contributed by atoms with E-state index in [4.69, 9.17) is 11.6 Å². The van der Waals surface area contributed by atoms with Crippen molar-refractivity contribution in [1.82, 2.24) is 10.2 Å². The van der Waals surface area contributed by atoms with E-state index >= 15 is 0 Å². The highest BCUT2D eigenvalue weighted by molar-refractivity contribution is 8.01. The highest BCUT2D eigenvalue weighted by Crippen LogP contribution is 2.28. The Bertz CT molecular complexity index is 888. The molecule has 0 aliphatic rings. The molecule has 1 aromatic heterocycles. The van der Waals surface area contributed by atoms with Gasteiger partial charge < -0.3 is 0 Å². The molecule has 0 bridgehead atoms. The van der Waals surface area contributed by atoms with E-state index in [9.17, 15) is 9.59 Å². The Hall–Kier alpha value is -2.22. The fraction of sp³-hybridized carbons (Fsp3) is 0.111. The Labute approximate surface area is 163 Å². The van der Waals surface area contributed by atoms with Crippen LogP contribution in [0.25, 0.3) is 0 Å². The number of benzene rings is 2. The van der Waals surface area contributed by atoms with Crippen LogP contribution in [0.3, 0.4) is 0 Å². The van der Waals surface area contributed by atoms with Gasteiger partial charge in [0.15, 0.2) is 10.1 Å². The van der Waals surface area contributed by atoms with Crippen LogP contribution in [0, 0.1) is 0 Å². The number of rotatable bonds is 7. The number of halogens is 1. The first-order valence-electron chi connectivity index (χ1n) is 7.68. The number of ketones is 1. The molecule has 26 heavy (non-hydrogen) atoms. The minimum Gasteiger partial charge on any atom is -0.299 e. The molecule has 132 valence electrons. The van der Waals surface area contributed by atoms with E-state index < -0.39 is 5.38 Å². The van der Waals surface area contributed by atoms with Crippen LogP contribution in [0.5, 0.6) is 0 Å². The zero-order valence-corrected chi connectivity index (χ0v) is 15.9. The van der Waals surface area contributed by atoms with Gasteiger partial charge in [0.1, 0.15) is 5.38 Å². The van der Waals surface area contributed by atoms with Crippen LogP contribution in [0.2, 0.25) is 0 Å². The molecule has 0 saturated carbocycles. The lowest BCUT2D eigenvalue weighted by atomic mass is 10.1. The number of carbonyl (C=O) groups excluding carboxylic acids is 2. The second kappa shape index (κ2) is 8.93. The highest BCUT2D eigenvalue weighted by atomic mass is 35.5. The zero-order valence-electron chi connectivity index (χ0n) is 13.5. The second-order valence-electron chi connectivity index (χ2n) is 5.21. The van der Waals surface area contributed by atoms with Gasteiger partial charge in [-0.3, -0.25) is 14.9 Å². The summed E-state index contributed by atoms with van der Waals surface area (Å²) in [6.45, 7) is 0. The molecule has 1 N–H and O–H groups in total. The Balaban J connectivity index is 1.54. The van der Waals surface area contributed by atoms with Crippen molar-refractivity contribution in [3.8, 4) is 0 Å². The summed E-state index contributed by atoms with van der Waals surface area (Å²) in [6.07, 6.45) is 0. The first kappa shape index (κ1) is 18.6. The molecule has 1 heterocycles. The van der Waals surface area contributed by atoms with Crippen LogP contribution in [-0.2, 0) is 4.79 Å². The third-order valence-corrected chi connectivity index (χ3v) is 5.80. The molecule has 0 aliphatic heterocycles. The summed E-state index contributed by atoms with van der Waals surface area (Å²) in [4.78, 5) is 24.3. The maximum Gasteiger partial charge on any atom is 0.248 e. The normalized spacial score (nSPS) is 11.7. The summed E-state index contributed by atoms with van der Waals surface area (Å²) in [5, 5.41) is 10.1. The number of alkyl halides is 1. The van der Waals surface area contributed by atoms with Crippen molar-refractivity contribution < 1.29 is 9.59 Å². The smallest absolute Gasteiger partial charge is 0.248 e. The fourth-order valence-electron chi connectivity index (χ4n) is 2.10. The van der Waals surface area contributed by atoms with Gasteiger partial charge in [-0.1, -0.05) is 83.8 Å². The number of thioether (sulfide) groups is 1. The lowest BCUT2D eigenvalue weighted by molar-refractivity contribution is -0.116. The van der Waals surface area contributed by atoms with Crippen LogP contribution >= 0.6 is 34.7 Å². The van der Waals surface area contributed by atoms with Gasteiger partial charge in [-0.25, -0.2) is 0 Å². The number of aromatic nitrogens is 2. The Morgan fingerprint density at radius 3 is 2.38 bits per heavy atom. The summed E-state index contributed by atoms with van der Waals surface area (Å²) >= 11 is 8.67. The van der Waals surface area contributed by atoms with Gasteiger partial charge in [-0.2, -0.15) is 0 Å². The van der Waals surface area contributed by atoms with Gasteiger partial charge in [0, 0.05) is 5.56 Å². The molecule has 3 aromatic rings. The number of nitrogens with zero attached hydrogens (tertiary/aromatic N) is 2. The van der Waals surface area contributed by atoms with Gasteiger partial charge >= 0.3 is 0 Å². The number of carbonyl (C=O) groups is 2. The van der Waals surface area contributed by atoms with Crippen LogP contribution in [0.1, 0.15) is 21.3 Å². The monoisotopic (exact) mass is 403 g/mol. The van der Waals surface area contributed by atoms with Crippen molar-refractivity contribution in [3.05, 3.63) is 71.8 Å². The average molecular weight is 404 g/mol. The van der Waals surface area contributed by atoms with Gasteiger partial charge in [0.05, 0.1) is 5.75 Å². The topological polar surface area (TPSA) is 72.0 Å². The summed E-state index contributed by atoms with van der Waals surface area (Å²) < 4.78 is 0.607.